The Morgan fingerprint density at radius 2 is 2.18 bits per heavy atom. The number of carbonyl (C=O) groups excluding carboxylic acids is 1. The highest BCUT2D eigenvalue weighted by molar-refractivity contribution is 5.78. The number of hydrogen-bond acceptors (Lipinski definition) is 3. The minimum atomic E-state index is -0.322. The highest BCUT2D eigenvalue weighted by Gasteiger charge is 2.25. The van der Waals surface area contributed by atoms with Gasteiger partial charge in [-0.2, -0.15) is 5.10 Å². The number of aromatic nitrogens is 2. The summed E-state index contributed by atoms with van der Waals surface area (Å²) in [7, 11) is 0. The van der Waals surface area contributed by atoms with Gasteiger partial charge in [-0.3, -0.25) is 9.89 Å². The van der Waals surface area contributed by atoms with Crippen molar-refractivity contribution in [2.75, 3.05) is 19.7 Å². The Hall–Kier alpha value is -2.37. The molecule has 0 bridgehead atoms. The molecule has 1 aliphatic heterocycles. The van der Waals surface area contributed by atoms with Gasteiger partial charge in [0.25, 0.3) is 5.91 Å². The third-order valence-corrected chi connectivity index (χ3v) is 3.91. The van der Waals surface area contributed by atoms with Gasteiger partial charge in [-0.1, -0.05) is 0 Å². The van der Waals surface area contributed by atoms with Gasteiger partial charge in [-0.15, -0.1) is 0 Å². The molecule has 0 radical (unpaired) electrons. The fourth-order valence-electron chi connectivity index (χ4n) is 2.72. The predicted octanol–water partition coefficient (Wildman–Crippen LogP) is 2.33. The molecule has 2 aromatic rings. The molecule has 116 valence electrons. The van der Waals surface area contributed by atoms with Gasteiger partial charge in [-0.25, -0.2) is 4.39 Å². The number of nitrogens with one attached hydrogen (secondary N) is 1. The molecule has 1 saturated heterocycles. The number of H-pyrrole nitrogens is 1. The molecule has 0 aliphatic carbocycles. The third-order valence-electron chi connectivity index (χ3n) is 3.91. The minimum Gasteiger partial charge on any atom is -0.484 e. The summed E-state index contributed by atoms with van der Waals surface area (Å²) in [5.41, 5.74) is 1.07. The van der Waals surface area contributed by atoms with E-state index >= 15 is 0 Å². The van der Waals surface area contributed by atoms with Gasteiger partial charge in [0.1, 0.15) is 11.6 Å². The Labute approximate surface area is 128 Å². The van der Waals surface area contributed by atoms with Crippen LogP contribution in [0.15, 0.2) is 36.5 Å². The average molecular weight is 303 g/mol. The smallest absolute Gasteiger partial charge is 0.260 e. The van der Waals surface area contributed by atoms with E-state index in [2.05, 4.69) is 10.2 Å². The first-order valence-corrected chi connectivity index (χ1v) is 7.38. The molecule has 3 rings (SSSR count). The summed E-state index contributed by atoms with van der Waals surface area (Å²) in [4.78, 5) is 14.1. The van der Waals surface area contributed by atoms with Crippen LogP contribution in [0.5, 0.6) is 5.75 Å². The van der Waals surface area contributed by atoms with Gasteiger partial charge in [0, 0.05) is 30.9 Å². The summed E-state index contributed by atoms with van der Waals surface area (Å²) in [5, 5.41) is 6.94. The van der Waals surface area contributed by atoms with E-state index in [1.165, 1.54) is 24.3 Å². The van der Waals surface area contributed by atoms with E-state index in [4.69, 9.17) is 4.74 Å². The standard InChI is InChI=1S/C16H18FN3O2/c17-13-3-5-14(6-4-13)22-11-16(21)20-9-1-2-12(10-20)15-7-8-18-19-15/h3-8,12H,1-2,9-11H2,(H,18,19). The van der Waals surface area contributed by atoms with E-state index in [-0.39, 0.29) is 18.3 Å². The maximum atomic E-state index is 12.8. The molecule has 5 nitrogen and oxygen atoms in total. The Balaban J connectivity index is 1.54. The van der Waals surface area contributed by atoms with E-state index in [0.717, 1.165) is 25.1 Å². The first-order chi connectivity index (χ1) is 10.7. The third kappa shape index (κ3) is 3.44. The lowest BCUT2D eigenvalue weighted by Gasteiger charge is -2.32. The number of benzene rings is 1. The second-order valence-corrected chi connectivity index (χ2v) is 5.43. The number of carbonyl (C=O) groups is 1. The van der Waals surface area contributed by atoms with Gasteiger partial charge in [0.2, 0.25) is 0 Å². The molecule has 0 spiro atoms. The number of rotatable bonds is 4. The van der Waals surface area contributed by atoms with Crippen LogP contribution in [-0.2, 0) is 4.79 Å². The quantitative estimate of drug-likeness (QED) is 0.943. The molecule has 6 heteroatoms. The number of hydrogen-bond donors (Lipinski definition) is 1. The summed E-state index contributed by atoms with van der Waals surface area (Å²) in [6.07, 6.45) is 3.74. The first kappa shape index (κ1) is 14.6. The Kier molecular flexibility index (Phi) is 4.37. The zero-order valence-electron chi connectivity index (χ0n) is 12.2. The fourth-order valence-corrected chi connectivity index (χ4v) is 2.72. The summed E-state index contributed by atoms with van der Waals surface area (Å²) in [6.45, 7) is 1.39. The number of amides is 1. The minimum absolute atomic E-state index is 0.0265. The topological polar surface area (TPSA) is 58.2 Å². The zero-order chi connectivity index (χ0) is 15.4. The van der Waals surface area contributed by atoms with Crippen molar-refractivity contribution >= 4 is 5.91 Å². The largest absolute Gasteiger partial charge is 0.484 e. The average Bonchev–Trinajstić information content (AvgIpc) is 3.09. The second kappa shape index (κ2) is 6.60. The van der Waals surface area contributed by atoms with Crippen molar-refractivity contribution in [3.8, 4) is 5.75 Å². The fraction of sp³-hybridized carbons (Fsp3) is 0.375. The SMILES string of the molecule is O=C(COc1ccc(F)cc1)N1CCCC(c2ccn[nH]2)C1. The number of nitrogens with zero attached hydrogens (tertiary/aromatic N) is 2. The van der Waals surface area contributed by atoms with Gasteiger partial charge in [-0.05, 0) is 43.2 Å². The van der Waals surface area contributed by atoms with Crippen molar-refractivity contribution in [2.45, 2.75) is 18.8 Å². The number of ether oxygens (including phenoxy) is 1. The van der Waals surface area contributed by atoms with Crippen molar-refractivity contribution in [3.05, 3.63) is 48.0 Å². The maximum absolute atomic E-state index is 12.8. The van der Waals surface area contributed by atoms with E-state index < -0.39 is 0 Å². The molecule has 1 fully saturated rings. The van der Waals surface area contributed by atoms with Crippen LogP contribution in [0.2, 0.25) is 0 Å². The second-order valence-electron chi connectivity index (χ2n) is 5.43. The molecule has 1 atom stereocenters. The normalized spacial score (nSPS) is 18.2. The maximum Gasteiger partial charge on any atom is 0.260 e. The molecular formula is C16H18FN3O2. The van der Waals surface area contributed by atoms with Gasteiger partial charge in [0.15, 0.2) is 6.61 Å². The van der Waals surface area contributed by atoms with Crippen molar-refractivity contribution in [1.82, 2.24) is 15.1 Å². The van der Waals surface area contributed by atoms with Crippen LogP contribution in [0.25, 0.3) is 0 Å². The van der Waals surface area contributed by atoms with Gasteiger partial charge >= 0.3 is 0 Å². The molecule has 0 saturated carbocycles. The molecule has 1 aromatic heterocycles. The highest BCUT2D eigenvalue weighted by atomic mass is 19.1. The van der Waals surface area contributed by atoms with Crippen molar-refractivity contribution in [1.29, 1.82) is 0 Å². The van der Waals surface area contributed by atoms with E-state index in [1.807, 2.05) is 11.0 Å². The summed E-state index contributed by atoms with van der Waals surface area (Å²) in [6, 6.07) is 7.62. The lowest BCUT2D eigenvalue weighted by molar-refractivity contribution is -0.134. The number of likely N-dealkylation sites (tertiary alicyclic amines) is 1. The van der Waals surface area contributed by atoms with Crippen LogP contribution in [0.4, 0.5) is 4.39 Å². The van der Waals surface area contributed by atoms with Crippen molar-refractivity contribution in [2.24, 2.45) is 0 Å². The summed E-state index contributed by atoms with van der Waals surface area (Å²) >= 11 is 0. The molecule has 22 heavy (non-hydrogen) atoms. The van der Waals surface area contributed by atoms with Crippen LogP contribution >= 0.6 is 0 Å². The number of halogens is 1. The predicted molar refractivity (Wildman–Crippen MR) is 79.0 cm³/mol. The lowest BCUT2D eigenvalue weighted by atomic mass is 9.95. The highest BCUT2D eigenvalue weighted by Crippen LogP contribution is 2.25. The molecule has 1 amide bonds. The van der Waals surface area contributed by atoms with Crippen LogP contribution < -0.4 is 4.74 Å². The lowest BCUT2D eigenvalue weighted by Crippen LogP contribution is -2.41. The molecule has 1 N–H and O–H groups in total. The molecule has 1 unspecified atom stereocenters. The summed E-state index contributed by atoms with van der Waals surface area (Å²) < 4.78 is 18.2. The van der Waals surface area contributed by atoms with Gasteiger partial charge < -0.3 is 9.64 Å². The van der Waals surface area contributed by atoms with E-state index in [0.29, 0.717) is 18.2 Å². The zero-order valence-corrected chi connectivity index (χ0v) is 12.2. The first-order valence-electron chi connectivity index (χ1n) is 7.38. The monoisotopic (exact) mass is 303 g/mol. The summed E-state index contributed by atoms with van der Waals surface area (Å²) in [5.74, 6) is 0.425. The molecule has 1 aromatic carbocycles. The number of aromatic amines is 1. The van der Waals surface area contributed by atoms with Crippen LogP contribution in [-0.4, -0.2) is 40.7 Å². The van der Waals surface area contributed by atoms with Gasteiger partial charge in [0.05, 0.1) is 0 Å². The molecule has 2 heterocycles. The Morgan fingerprint density at radius 1 is 1.36 bits per heavy atom. The van der Waals surface area contributed by atoms with E-state index in [9.17, 15) is 9.18 Å². The number of piperidine rings is 1. The molecule has 1 aliphatic rings. The van der Waals surface area contributed by atoms with E-state index in [1.54, 1.807) is 6.20 Å². The Bertz CT molecular complexity index is 613. The van der Waals surface area contributed by atoms with Crippen LogP contribution in [0.3, 0.4) is 0 Å². The van der Waals surface area contributed by atoms with Crippen molar-refractivity contribution < 1.29 is 13.9 Å². The van der Waals surface area contributed by atoms with Crippen LogP contribution in [0.1, 0.15) is 24.5 Å². The molecular weight excluding hydrogens is 285 g/mol. The van der Waals surface area contributed by atoms with Crippen molar-refractivity contribution in [3.63, 3.8) is 0 Å². The van der Waals surface area contributed by atoms with Crippen LogP contribution in [0, 0.1) is 5.82 Å². The Morgan fingerprint density at radius 3 is 2.91 bits per heavy atom.